The van der Waals surface area contributed by atoms with Crippen molar-refractivity contribution in [1.82, 2.24) is 15.6 Å². The maximum atomic E-state index is 13.8. The van der Waals surface area contributed by atoms with Gasteiger partial charge in [0.15, 0.2) is 5.96 Å². The predicted octanol–water partition coefficient (Wildman–Crippen LogP) is 3.75. The van der Waals surface area contributed by atoms with E-state index in [1.807, 2.05) is 19.2 Å². The number of nitrogens with one attached hydrogen (secondary N) is 2. The molecule has 0 saturated heterocycles. The van der Waals surface area contributed by atoms with Crippen molar-refractivity contribution in [1.29, 1.82) is 0 Å². The summed E-state index contributed by atoms with van der Waals surface area (Å²) in [6.07, 6.45) is 4.44. The van der Waals surface area contributed by atoms with Crippen LogP contribution in [-0.4, -0.2) is 24.5 Å². The molecule has 0 spiro atoms. The molecular formula is C18H23F2IN4. The Bertz CT molecular complexity index is 722. The van der Waals surface area contributed by atoms with Crippen LogP contribution in [0.25, 0.3) is 0 Å². The Labute approximate surface area is 164 Å². The van der Waals surface area contributed by atoms with Crippen molar-refractivity contribution in [3.8, 4) is 0 Å². The highest BCUT2D eigenvalue weighted by molar-refractivity contribution is 14.0. The SMILES string of the molecule is CN=C(NCCc1ccncc1C)NC(C)c1ccc(F)cc1F.I. The monoisotopic (exact) mass is 460 g/mol. The van der Waals surface area contributed by atoms with Gasteiger partial charge in [-0.2, -0.15) is 0 Å². The fourth-order valence-corrected chi connectivity index (χ4v) is 2.43. The minimum absolute atomic E-state index is 0. The molecule has 0 aliphatic heterocycles. The third kappa shape index (κ3) is 6.22. The van der Waals surface area contributed by atoms with Gasteiger partial charge in [-0.1, -0.05) is 6.07 Å². The Kier molecular flexibility index (Phi) is 8.74. The smallest absolute Gasteiger partial charge is 0.191 e. The van der Waals surface area contributed by atoms with Crippen molar-refractivity contribution in [2.75, 3.05) is 13.6 Å². The summed E-state index contributed by atoms with van der Waals surface area (Å²) in [5.74, 6) is -0.588. The van der Waals surface area contributed by atoms with Gasteiger partial charge in [0.05, 0.1) is 6.04 Å². The Hall–Kier alpha value is -1.77. The molecule has 136 valence electrons. The molecule has 1 aromatic carbocycles. The lowest BCUT2D eigenvalue weighted by molar-refractivity contribution is 0.551. The van der Waals surface area contributed by atoms with Crippen LogP contribution in [0.5, 0.6) is 0 Å². The lowest BCUT2D eigenvalue weighted by Gasteiger charge is -2.19. The third-order valence-electron chi connectivity index (χ3n) is 3.83. The van der Waals surface area contributed by atoms with Gasteiger partial charge in [0.25, 0.3) is 0 Å². The molecule has 2 N–H and O–H groups in total. The zero-order valence-electron chi connectivity index (χ0n) is 14.5. The minimum atomic E-state index is -0.585. The maximum absolute atomic E-state index is 13.8. The molecule has 0 amide bonds. The first-order chi connectivity index (χ1) is 11.5. The summed E-state index contributed by atoms with van der Waals surface area (Å²) >= 11 is 0. The van der Waals surface area contributed by atoms with E-state index < -0.39 is 11.6 Å². The number of hydrogen-bond donors (Lipinski definition) is 2. The minimum Gasteiger partial charge on any atom is -0.356 e. The number of pyridine rings is 1. The van der Waals surface area contributed by atoms with Crippen LogP contribution >= 0.6 is 24.0 Å². The van der Waals surface area contributed by atoms with E-state index in [0.717, 1.165) is 18.1 Å². The van der Waals surface area contributed by atoms with Crippen molar-refractivity contribution < 1.29 is 8.78 Å². The number of benzene rings is 1. The number of aliphatic imine (C=N–C) groups is 1. The molecule has 0 bridgehead atoms. The molecule has 0 aliphatic rings. The van der Waals surface area contributed by atoms with Gasteiger partial charge >= 0.3 is 0 Å². The Balaban J connectivity index is 0.00000312. The highest BCUT2D eigenvalue weighted by atomic mass is 127. The van der Waals surface area contributed by atoms with E-state index in [0.29, 0.717) is 18.1 Å². The van der Waals surface area contributed by atoms with E-state index in [4.69, 9.17) is 0 Å². The number of aryl methyl sites for hydroxylation is 1. The van der Waals surface area contributed by atoms with Crippen LogP contribution in [0.15, 0.2) is 41.7 Å². The van der Waals surface area contributed by atoms with Crippen molar-refractivity contribution in [3.05, 3.63) is 65.0 Å². The first kappa shape index (κ1) is 21.3. The second-order valence-electron chi connectivity index (χ2n) is 5.58. The van der Waals surface area contributed by atoms with Gasteiger partial charge in [-0.15, -0.1) is 24.0 Å². The van der Waals surface area contributed by atoms with Gasteiger partial charge < -0.3 is 10.6 Å². The first-order valence-electron chi connectivity index (χ1n) is 7.83. The summed E-state index contributed by atoms with van der Waals surface area (Å²) < 4.78 is 26.8. The summed E-state index contributed by atoms with van der Waals surface area (Å²) in [7, 11) is 1.65. The van der Waals surface area contributed by atoms with Crippen LogP contribution in [0.3, 0.4) is 0 Å². The van der Waals surface area contributed by atoms with Crippen LogP contribution in [0.4, 0.5) is 8.78 Å². The summed E-state index contributed by atoms with van der Waals surface area (Å²) in [6, 6.07) is 5.23. The van der Waals surface area contributed by atoms with Gasteiger partial charge in [-0.25, -0.2) is 8.78 Å². The molecule has 0 radical (unpaired) electrons. The summed E-state index contributed by atoms with van der Waals surface area (Å²) in [5.41, 5.74) is 2.75. The fourth-order valence-electron chi connectivity index (χ4n) is 2.43. The number of aromatic nitrogens is 1. The zero-order valence-corrected chi connectivity index (χ0v) is 16.8. The molecule has 1 atom stereocenters. The van der Waals surface area contributed by atoms with Crippen LogP contribution in [0.1, 0.15) is 29.7 Å². The quantitative estimate of drug-likeness (QED) is 0.406. The molecule has 0 fully saturated rings. The standard InChI is InChI=1S/C18H22F2N4.HI/c1-12-11-22-8-6-14(12)7-9-23-18(21-3)24-13(2)16-5-4-15(19)10-17(16)20;/h4-6,8,10-11,13H,7,9H2,1-3H3,(H2,21,23,24);1H. The summed E-state index contributed by atoms with van der Waals surface area (Å²) in [4.78, 5) is 8.21. The molecular weight excluding hydrogens is 437 g/mol. The van der Waals surface area contributed by atoms with E-state index >= 15 is 0 Å². The molecule has 2 rings (SSSR count). The Morgan fingerprint density at radius 1 is 1.28 bits per heavy atom. The van der Waals surface area contributed by atoms with Crippen LogP contribution in [0, 0.1) is 18.6 Å². The molecule has 0 saturated carbocycles. The molecule has 1 unspecified atom stereocenters. The van der Waals surface area contributed by atoms with Crippen LogP contribution < -0.4 is 10.6 Å². The second-order valence-corrected chi connectivity index (χ2v) is 5.58. The van der Waals surface area contributed by atoms with Crippen LogP contribution in [-0.2, 0) is 6.42 Å². The third-order valence-corrected chi connectivity index (χ3v) is 3.83. The Morgan fingerprint density at radius 3 is 2.68 bits per heavy atom. The molecule has 4 nitrogen and oxygen atoms in total. The molecule has 7 heteroatoms. The average molecular weight is 460 g/mol. The number of nitrogens with zero attached hydrogens (tertiary/aromatic N) is 2. The maximum Gasteiger partial charge on any atom is 0.191 e. The largest absolute Gasteiger partial charge is 0.356 e. The van der Waals surface area contributed by atoms with E-state index in [-0.39, 0.29) is 30.0 Å². The second kappa shape index (κ2) is 10.3. The average Bonchev–Trinajstić information content (AvgIpc) is 2.55. The highest BCUT2D eigenvalue weighted by Gasteiger charge is 2.13. The topological polar surface area (TPSA) is 49.3 Å². The zero-order chi connectivity index (χ0) is 17.5. The normalized spacial score (nSPS) is 12.3. The summed E-state index contributed by atoms with van der Waals surface area (Å²) in [6.45, 7) is 4.51. The van der Waals surface area contributed by atoms with Crippen molar-refractivity contribution in [2.24, 2.45) is 4.99 Å². The van der Waals surface area contributed by atoms with Gasteiger partial charge in [-0.3, -0.25) is 9.98 Å². The van der Waals surface area contributed by atoms with Gasteiger partial charge in [0.2, 0.25) is 0 Å². The number of guanidine groups is 1. The lowest BCUT2D eigenvalue weighted by Crippen LogP contribution is -2.39. The highest BCUT2D eigenvalue weighted by Crippen LogP contribution is 2.17. The lowest BCUT2D eigenvalue weighted by atomic mass is 10.1. The molecule has 1 aromatic heterocycles. The molecule has 2 aromatic rings. The van der Waals surface area contributed by atoms with Gasteiger partial charge in [0, 0.05) is 37.6 Å². The molecule has 1 heterocycles. The van der Waals surface area contributed by atoms with E-state index in [2.05, 4.69) is 20.6 Å². The van der Waals surface area contributed by atoms with Gasteiger partial charge in [-0.05, 0) is 43.5 Å². The van der Waals surface area contributed by atoms with E-state index in [1.165, 1.54) is 17.7 Å². The van der Waals surface area contributed by atoms with Crippen molar-refractivity contribution in [3.63, 3.8) is 0 Å². The first-order valence-corrected chi connectivity index (χ1v) is 7.83. The van der Waals surface area contributed by atoms with Gasteiger partial charge in [0.1, 0.15) is 11.6 Å². The molecule has 0 aliphatic carbocycles. The van der Waals surface area contributed by atoms with Crippen molar-refractivity contribution >= 4 is 29.9 Å². The predicted molar refractivity (Wildman–Crippen MR) is 107 cm³/mol. The summed E-state index contributed by atoms with van der Waals surface area (Å²) in [5, 5.41) is 6.31. The van der Waals surface area contributed by atoms with Crippen LogP contribution in [0.2, 0.25) is 0 Å². The van der Waals surface area contributed by atoms with Crippen molar-refractivity contribution in [2.45, 2.75) is 26.3 Å². The molecule has 25 heavy (non-hydrogen) atoms. The number of hydrogen-bond acceptors (Lipinski definition) is 2. The fraction of sp³-hybridized carbons (Fsp3) is 0.333. The Morgan fingerprint density at radius 2 is 2.04 bits per heavy atom. The van der Waals surface area contributed by atoms with E-state index in [1.54, 1.807) is 20.2 Å². The van der Waals surface area contributed by atoms with E-state index in [9.17, 15) is 8.78 Å². The number of halogens is 3. The number of rotatable bonds is 5.